The molecule has 0 unspecified atom stereocenters. The van der Waals surface area contributed by atoms with Gasteiger partial charge >= 0.3 is 5.97 Å². The lowest BCUT2D eigenvalue weighted by Crippen LogP contribution is -1.98. The second-order valence-electron chi connectivity index (χ2n) is 5.16. The SMILES string of the molecule is COC(=O)c1cc(-c2ccc3cc(Oc4ccccn4)sc3c2)no1. The summed E-state index contributed by atoms with van der Waals surface area (Å²) >= 11 is 1.51. The van der Waals surface area contributed by atoms with Crippen LogP contribution in [0.5, 0.6) is 10.9 Å². The second-order valence-corrected chi connectivity index (χ2v) is 6.20. The summed E-state index contributed by atoms with van der Waals surface area (Å²) < 4.78 is 16.4. The van der Waals surface area contributed by atoms with E-state index in [-0.39, 0.29) is 5.76 Å². The molecule has 3 heterocycles. The Morgan fingerprint density at radius 3 is 2.88 bits per heavy atom. The number of hydrogen-bond donors (Lipinski definition) is 0. The molecule has 0 spiro atoms. The smallest absolute Gasteiger partial charge is 0.376 e. The van der Waals surface area contributed by atoms with Gasteiger partial charge in [-0.1, -0.05) is 34.7 Å². The quantitative estimate of drug-likeness (QED) is 0.502. The maximum Gasteiger partial charge on any atom is 0.376 e. The molecule has 0 amide bonds. The van der Waals surface area contributed by atoms with Crippen molar-refractivity contribution in [3.63, 3.8) is 0 Å². The minimum Gasteiger partial charge on any atom is -0.463 e. The Morgan fingerprint density at radius 2 is 2.08 bits per heavy atom. The van der Waals surface area contributed by atoms with Gasteiger partial charge in [0.2, 0.25) is 11.6 Å². The number of nitrogens with zero attached hydrogens (tertiary/aromatic N) is 2. The Labute approximate surface area is 146 Å². The summed E-state index contributed by atoms with van der Waals surface area (Å²) in [4.78, 5) is 15.6. The zero-order valence-corrected chi connectivity index (χ0v) is 13.9. The lowest BCUT2D eigenvalue weighted by Gasteiger charge is -1.98. The van der Waals surface area contributed by atoms with Gasteiger partial charge in [-0.05, 0) is 17.5 Å². The van der Waals surface area contributed by atoms with Crippen molar-refractivity contribution in [2.45, 2.75) is 0 Å². The fraction of sp³-hybridized carbons (Fsp3) is 0.0556. The molecule has 124 valence electrons. The minimum atomic E-state index is -0.554. The zero-order chi connectivity index (χ0) is 17.2. The van der Waals surface area contributed by atoms with Crippen LogP contribution in [0.3, 0.4) is 0 Å². The fourth-order valence-electron chi connectivity index (χ4n) is 2.34. The number of ether oxygens (including phenoxy) is 2. The Kier molecular flexibility index (Phi) is 3.91. The number of fused-ring (bicyclic) bond motifs is 1. The van der Waals surface area contributed by atoms with Gasteiger partial charge in [0.15, 0.2) is 5.06 Å². The second kappa shape index (κ2) is 6.37. The van der Waals surface area contributed by atoms with Crippen molar-refractivity contribution in [1.29, 1.82) is 0 Å². The van der Waals surface area contributed by atoms with Crippen molar-refractivity contribution in [2.24, 2.45) is 0 Å². The van der Waals surface area contributed by atoms with Crippen molar-refractivity contribution in [3.8, 4) is 22.2 Å². The van der Waals surface area contributed by atoms with Crippen LogP contribution in [-0.2, 0) is 4.74 Å². The molecule has 4 rings (SSSR count). The Bertz CT molecular complexity index is 1040. The average Bonchev–Trinajstić information content (AvgIpc) is 3.28. The number of aromatic nitrogens is 2. The number of esters is 1. The van der Waals surface area contributed by atoms with Gasteiger partial charge in [-0.3, -0.25) is 0 Å². The molecule has 0 atom stereocenters. The number of carbonyl (C=O) groups is 1. The molecule has 0 aliphatic heterocycles. The van der Waals surface area contributed by atoms with Crippen LogP contribution in [-0.4, -0.2) is 23.2 Å². The first-order chi connectivity index (χ1) is 12.2. The van der Waals surface area contributed by atoms with E-state index in [2.05, 4.69) is 14.9 Å². The van der Waals surface area contributed by atoms with E-state index in [0.717, 1.165) is 20.7 Å². The first-order valence-electron chi connectivity index (χ1n) is 7.41. The monoisotopic (exact) mass is 352 g/mol. The summed E-state index contributed by atoms with van der Waals surface area (Å²) in [5.41, 5.74) is 1.42. The zero-order valence-electron chi connectivity index (χ0n) is 13.1. The summed E-state index contributed by atoms with van der Waals surface area (Å²) in [6.45, 7) is 0. The number of pyridine rings is 1. The molecule has 0 aliphatic rings. The van der Waals surface area contributed by atoms with Crippen molar-refractivity contribution in [1.82, 2.24) is 10.1 Å². The molecule has 0 saturated heterocycles. The van der Waals surface area contributed by atoms with Crippen LogP contribution < -0.4 is 4.74 Å². The van der Waals surface area contributed by atoms with E-state index >= 15 is 0 Å². The number of hydrogen-bond acceptors (Lipinski definition) is 7. The van der Waals surface area contributed by atoms with Crippen molar-refractivity contribution in [3.05, 3.63) is 60.5 Å². The highest BCUT2D eigenvalue weighted by Crippen LogP contribution is 2.36. The lowest BCUT2D eigenvalue weighted by molar-refractivity contribution is 0.0554. The van der Waals surface area contributed by atoms with E-state index in [0.29, 0.717) is 11.6 Å². The average molecular weight is 352 g/mol. The van der Waals surface area contributed by atoms with Gasteiger partial charge in [0, 0.05) is 34.7 Å². The third-order valence-electron chi connectivity index (χ3n) is 3.53. The predicted octanol–water partition coefficient (Wildman–Crippen LogP) is 4.53. The first-order valence-corrected chi connectivity index (χ1v) is 8.22. The van der Waals surface area contributed by atoms with Crippen LogP contribution in [0, 0.1) is 0 Å². The number of carbonyl (C=O) groups excluding carboxylic acids is 1. The fourth-order valence-corrected chi connectivity index (χ4v) is 3.30. The predicted molar refractivity (Wildman–Crippen MR) is 93.0 cm³/mol. The van der Waals surface area contributed by atoms with Crippen molar-refractivity contribution >= 4 is 27.4 Å². The molecule has 1 aromatic carbocycles. The van der Waals surface area contributed by atoms with E-state index in [1.54, 1.807) is 18.3 Å². The molecule has 0 radical (unpaired) electrons. The highest BCUT2D eigenvalue weighted by Gasteiger charge is 2.15. The van der Waals surface area contributed by atoms with Gasteiger partial charge in [-0.2, -0.15) is 0 Å². The summed E-state index contributed by atoms with van der Waals surface area (Å²) in [7, 11) is 1.30. The molecular formula is C18H12N2O4S. The summed E-state index contributed by atoms with van der Waals surface area (Å²) in [5, 5.41) is 5.73. The molecule has 4 aromatic rings. The van der Waals surface area contributed by atoms with E-state index in [1.807, 2.05) is 36.4 Å². The maximum absolute atomic E-state index is 11.5. The normalized spacial score (nSPS) is 10.8. The van der Waals surface area contributed by atoms with Crippen LogP contribution in [0.15, 0.2) is 59.3 Å². The van der Waals surface area contributed by atoms with Gasteiger partial charge in [0.25, 0.3) is 0 Å². The summed E-state index contributed by atoms with van der Waals surface area (Å²) in [5.74, 6) is 0.0680. The van der Waals surface area contributed by atoms with Crippen LogP contribution in [0.1, 0.15) is 10.6 Å². The molecule has 7 heteroatoms. The maximum atomic E-state index is 11.5. The third-order valence-corrected chi connectivity index (χ3v) is 4.51. The van der Waals surface area contributed by atoms with Crippen LogP contribution >= 0.6 is 11.3 Å². The van der Waals surface area contributed by atoms with E-state index in [9.17, 15) is 4.79 Å². The molecule has 25 heavy (non-hydrogen) atoms. The number of benzene rings is 1. The van der Waals surface area contributed by atoms with E-state index in [4.69, 9.17) is 9.26 Å². The van der Waals surface area contributed by atoms with Crippen molar-refractivity contribution < 1.29 is 18.8 Å². The van der Waals surface area contributed by atoms with Crippen LogP contribution in [0.4, 0.5) is 0 Å². The van der Waals surface area contributed by atoms with Gasteiger partial charge in [0.1, 0.15) is 5.69 Å². The van der Waals surface area contributed by atoms with Gasteiger partial charge in [-0.25, -0.2) is 9.78 Å². The lowest BCUT2D eigenvalue weighted by atomic mass is 10.1. The van der Waals surface area contributed by atoms with E-state index in [1.165, 1.54) is 18.4 Å². The standard InChI is InChI=1S/C18H12N2O4S/c1-22-18(21)14-10-13(20-24-14)11-5-6-12-9-17(25-15(12)8-11)23-16-4-2-3-7-19-16/h2-10H,1H3. The van der Waals surface area contributed by atoms with Gasteiger partial charge in [-0.15, -0.1) is 0 Å². The molecule has 0 N–H and O–H groups in total. The summed E-state index contributed by atoms with van der Waals surface area (Å²) in [6, 6.07) is 14.9. The van der Waals surface area contributed by atoms with Gasteiger partial charge in [0.05, 0.1) is 7.11 Å². The topological polar surface area (TPSA) is 74.5 Å². The Morgan fingerprint density at radius 1 is 1.16 bits per heavy atom. The molecule has 0 aliphatic carbocycles. The Hall–Kier alpha value is -3.19. The Balaban J connectivity index is 1.64. The van der Waals surface area contributed by atoms with Gasteiger partial charge < -0.3 is 14.0 Å². The van der Waals surface area contributed by atoms with Crippen molar-refractivity contribution in [2.75, 3.05) is 7.11 Å². The molecule has 6 nitrogen and oxygen atoms in total. The molecule has 0 saturated carbocycles. The highest BCUT2D eigenvalue weighted by atomic mass is 32.1. The molecule has 0 bridgehead atoms. The third kappa shape index (κ3) is 3.09. The number of methoxy groups -OCH3 is 1. The van der Waals surface area contributed by atoms with Crippen LogP contribution in [0.25, 0.3) is 21.3 Å². The molecule has 0 fully saturated rings. The number of thiophene rings is 1. The van der Waals surface area contributed by atoms with E-state index < -0.39 is 5.97 Å². The largest absolute Gasteiger partial charge is 0.463 e. The highest BCUT2D eigenvalue weighted by molar-refractivity contribution is 7.20. The molecule has 3 aromatic heterocycles. The summed E-state index contributed by atoms with van der Waals surface area (Å²) in [6.07, 6.45) is 1.68. The minimum absolute atomic E-state index is 0.0722. The molecular weight excluding hydrogens is 340 g/mol. The first kappa shape index (κ1) is 15.3. The number of rotatable bonds is 4. The van der Waals surface area contributed by atoms with Crippen LogP contribution in [0.2, 0.25) is 0 Å².